The largest absolute Gasteiger partial charge is 0.350 e. The Balaban J connectivity index is 1.38. The van der Waals surface area contributed by atoms with E-state index in [2.05, 4.69) is 10.2 Å². The summed E-state index contributed by atoms with van der Waals surface area (Å²) in [5, 5.41) is 5.00. The number of rotatable bonds is 6. The fraction of sp³-hybridized carbons (Fsp3) is 0.421. The van der Waals surface area contributed by atoms with Gasteiger partial charge in [-0.1, -0.05) is 18.2 Å². The molecule has 3 rings (SSSR count). The summed E-state index contributed by atoms with van der Waals surface area (Å²) in [5.74, 6) is 0.511. The van der Waals surface area contributed by atoms with Gasteiger partial charge >= 0.3 is 0 Å². The summed E-state index contributed by atoms with van der Waals surface area (Å²) in [6.07, 6.45) is 3.06. The summed E-state index contributed by atoms with van der Waals surface area (Å²) < 4.78 is 13.2. The van der Waals surface area contributed by atoms with Gasteiger partial charge in [-0.2, -0.15) is 0 Å². The Morgan fingerprint density at radius 1 is 1.25 bits per heavy atom. The van der Waals surface area contributed by atoms with Crippen LogP contribution in [0.5, 0.6) is 0 Å². The monoisotopic (exact) mass is 346 g/mol. The molecule has 1 saturated heterocycles. The Kier molecular flexibility index (Phi) is 5.99. The predicted molar refractivity (Wildman–Crippen MR) is 95.4 cm³/mol. The third-order valence-electron chi connectivity index (χ3n) is 4.53. The maximum atomic E-state index is 13.2. The number of amides is 1. The van der Waals surface area contributed by atoms with Gasteiger partial charge < -0.3 is 5.32 Å². The van der Waals surface area contributed by atoms with E-state index < -0.39 is 0 Å². The van der Waals surface area contributed by atoms with E-state index in [0.717, 1.165) is 37.9 Å². The molecule has 2 heterocycles. The Morgan fingerprint density at radius 3 is 2.79 bits per heavy atom. The van der Waals surface area contributed by atoms with E-state index in [1.165, 1.54) is 10.9 Å². The van der Waals surface area contributed by atoms with Crippen LogP contribution in [0.15, 0.2) is 41.8 Å². The lowest BCUT2D eigenvalue weighted by Gasteiger charge is -2.31. The molecule has 1 fully saturated rings. The number of nitrogens with zero attached hydrogens (tertiary/aromatic N) is 1. The van der Waals surface area contributed by atoms with Crippen LogP contribution in [0.4, 0.5) is 4.39 Å². The van der Waals surface area contributed by atoms with E-state index in [0.29, 0.717) is 19.0 Å². The number of halogens is 1. The number of piperidine rings is 1. The molecule has 0 aliphatic carbocycles. The van der Waals surface area contributed by atoms with Crippen molar-refractivity contribution >= 4 is 17.2 Å². The smallest absolute Gasteiger partial charge is 0.234 e. The van der Waals surface area contributed by atoms with E-state index in [9.17, 15) is 9.18 Å². The first kappa shape index (κ1) is 17.1. The Morgan fingerprint density at radius 2 is 2.08 bits per heavy atom. The summed E-state index contributed by atoms with van der Waals surface area (Å²) >= 11 is 1.66. The van der Waals surface area contributed by atoms with Crippen LogP contribution in [0.1, 0.15) is 23.3 Å². The number of hydrogen-bond donors (Lipinski definition) is 1. The number of carbonyl (C=O) groups is 1. The first-order chi connectivity index (χ1) is 11.7. The van der Waals surface area contributed by atoms with Gasteiger partial charge in [-0.3, -0.25) is 9.69 Å². The molecule has 5 heteroatoms. The molecule has 3 nitrogen and oxygen atoms in total. The van der Waals surface area contributed by atoms with Gasteiger partial charge in [0.05, 0.1) is 13.1 Å². The van der Waals surface area contributed by atoms with Gasteiger partial charge in [-0.05, 0) is 67.4 Å². The maximum absolute atomic E-state index is 13.2. The second-order valence-electron chi connectivity index (χ2n) is 6.41. The Hall–Kier alpha value is -1.72. The Bertz CT molecular complexity index is 651. The standard InChI is InChI=1S/C19H23FN2OS/c20-17-4-1-3-16(12-17)11-15-6-8-22(9-7-15)14-19(23)21-13-18-5-2-10-24-18/h1-5,10,12,15H,6-9,11,13-14H2,(H,21,23). The molecule has 0 bridgehead atoms. The van der Waals surface area contributed by atoms with Crippen molar-refractivity contribution < 1.29 is 9.18 Å². The zero-order chi connectivity index (χ0) is 16.8. The summed E-state index contributed by atoms with van der Waals surface area (Å²) in [7, 11) is 0. The minimum absolute atomic E-state index is 0.0898. The number of thiophene rings is 1. The molecule has 1 aliphatic rings. The Labute approximate surface area is 146 Å². The molecular formula is C19H23FN2OS. The van der Waals surface area contributed by atoms with Gasteiger partial charge in [0.2, 0.25) is 5.91 Å². The molecule has 1 aromatic heterocycles. The average Bonchev–Trinajstić information content (AvgIpc) is 3.08. The van der Waals surface area contributed by atoms with Gasteiger partial charge in [0.15, 0.2) is 0 Å². The van der Waals surface area contributed by atoms with Crippen molar-refractivity contribution in [2.45, 2.75) is 25.8 Å². The summed E-state index contributed by atoms with van der Waals surface area (Å²) in [4.78, 5) is 15.4. The second kappa shape index (κ2) is 8.40. The third kappa shape index (κ3) is 5.14. The molecule has 0 radical (unpaired) electrons. The average molecular weight is 346 g/mol. The van der Waals surface area contributed by atoms with Crippen LogP contribution in [-0.4, -0.2) is 30.4 Å². The van der Waals surface area contributed by atoms with Crippen molar-refractivity contribution in [3.63, 3.8) is 0 Å². The zero-order valence-electron chi connectivity index (χ0n) is 13.7. The first-order valence-corrected chi connectivity index (χ1v) is 9.33. The van der Waals surface area contributed by atoms with E-state index in [1.54, 1.807) is 23.5 Å². The minimum Gasteiger partial charge on any atom is -0.350 e. The van der Waals surface area contributed by atoms with E-state index in [4.69, 9.17) is 0 Å². The maximum Gasteiger partial charge on any atom is 0.234 e. The number of benzene rings is 1. The van der Waals surface area contributed by atoms with Gasteiger partial charge in [0.1, 0.15) is 5.82 Å². The normalized spacial score (nSPS) is 16.2. The fourth-order valence-corrected chi connectivity index (χ4v) is 3.85. The van der Waals surface area contributed by atoms with Crippen LogP contribution < -0.4 is 5.32 Å². The lowest BCUT2D eigenvalue weighted by Crippen LogP contribution is -2.41. The summed E-state index contributed by atoms with van der Waals surface area (Å²) in [5.41, 5.74) is 1.07. The van der Waals surface area contributed by atoms with Crippen molar-refractivity contribution in [3.05, 3.63) is 58.0 Å². The highest BCUT2D eigenvalue weighted by atomic mass is 32.1. The SMILES string of the molecule is O=C(CN1CCC(Cc2cccc(F)c2)CC1)NCc1cccs1. The first-order valence-electron chi connectivity index (χ1n) is 8.45. The van der Waals surface area contributed by atoms with Crippen molar-refractivity contribution in [2.24, 2.45) is 5.92 Å². The van der Waals surface area contributed by atoms with Crippen molar-refractivity contribution in [1.29, 1.82) is 0 Å². The van der Waals surface area contributed by atoms with Crippen LogP contribution in [0.25, 0.3) is 0 Å². The highest BCUT2D eigenvalue weighted by molar-refractivity contribution is 7.09. The van der Waals surface area contributed by atoms with Crippen LogP contribution in [0, 0.1) is 11.7 Å². The number of hydrogen-bond acceptors (Lipinski definition) is 3. The van der Waals surface area contributed by atoms with Crippen LogP contribution in [0.2, 0.25) is 0 Å². The van der Waals surface area contributed by atoms with Crippen molar-refractivity contribution in [1.82, 2.24) is 10.2 Å². The predicted octanol–water partition coefficient (Wildman–Crippen LogP) is 3.46. The molecule has 0 spiro atoms. The molecular weight excluding hydrogens is 323 g/mol. The van der Waals surface area contributed by atoms with Gasteiger partial charge in [0.25, 0.3) is 0 Å². The molecule has 0 unspecified atom stereocenters. The molecule has 24 heavy (non-hydrogen) atoms. The summed E-state index contributed by atoms with van der Waals surface area (Å²) in [6, 6.07) is 10.9. The molecule has 128 valence electrons. The quantitative estimate of drug-likeness (QED) is 0.869. The second-order valence-corrected chi connectivity index (χ2v) is 7.44. The summed E-state index contributed by atoms with van der Waals surface area (Å²) in [6.45, 7) is 2.96. The minimum atomic E-state index is -0.160. The van der Waals surface area contributed by atoms with Gasteiger partial charge in [0, 0.05) is 4.88 Å². The fourth-order valence-electron chi connectivity index (χ4n) is 3.20. The number of carbonyl (C=O) groups excluding carboxylic acids is 1. The highest BCUT2D eigenvalue weighted by Gasteiger charge is 2.21. The molecule has 1 aromatic carbocycles. The van der Waals surface area contributed by atoms with E-state index >= 15 is 0 Å². The lowest BCUT2D eigenvalue weighted by molar-refractivity contribution is -0.122. The lowest BCUT2D eigenvalue weighted by atomic mass is 9.90. The number of likely N-dealkylation sites (tertiary alicyclic amines) is 1. The van der Waals surface area contributed by atoms with Crippen molar-refractivity contribution in [3.8, 4) is 0 Å². The van der Waals surface area contributed by atoms with E-state index in [1.807, 2.05) is 23.6 Å². The van der Waals surface area contributed by atoms with Crippen LogP contribution >= 0.6 is 11.3 Å². The number of nitrogens with one attached hydrogen (secondary N) is 1. The van der Waals surface area contributed by atoms with Crippen LogP contribution in [0.3, 0.4) is 0 Å². The van der Waals surface area contributed by atoms with E-state index in [-0.39, 0.29) is 11.7 Å². The van der Waals surface area contributed by atoms with Crippen LogP contribution in [-0.2, 0) is 17.8 Å². The zero-order valence-corrected chi connectivity index (χ0v) is 14.5. The molecule has 1 amide bonds. The molecule has 0 atom stereocenters. The van der Waals surface area contributed by atoms with Gasteiger partial charge in [-0.15, -0.1) is 11.3 Å². The molecule has 0 saturated carbocycles. The third-order valence-corrected chi connectivity index (χ3v) is 5.40. The molecule has 2 aromatic rings. The van der Waals surface area contributed by atoms with Crippen molar-refractivity contribution in [2.75, 3.05) is 19.6 Å². The molecule has 1 aliphatic heterocycles. The van der Waals surface area contributed by atoms with Gasteiger partial charge in [-0.25, -0.2) is 4.39 Å². The molecule has 1 N–H and O–H groups in total. The highest BCUT2D eigenvalue weighted by Crippen LogP contribution is 2.21. The topological polar surface area (TPSA) is 32.3 Å².